The highest BCUT2D eigenvalue weighted by Crippen LogP contribution is 2.21. The third-order valence-corrected chi connectivity index (χ3v) is 5.59. The molecule has 9 nitrogen and oxygen atoms in total. The van der Waals surface area contributed by atoms with Crippen LogP contribution in [0.1, 0.15) is 30.1 Å². The number of hydrogen-bond donors (Lipinski definition) is 2. The van der Waals surface area contributed by atoms with Crippen LogP contribution in [-0.4, -0.2) is 56.9 Å². The van der Waals surface area contributed by atoms with E-state index in [0.717, 1.165) is 12.8 Å². The summed E-state index contributed by atoms with van der Waals surface area (Å²) in [6.45, 7) is 2.29. The van der Waals surface area contributed by atoms with Crippen molar-refractivity contribution in [1.29, 1.82) is 0 Å². The first-order chi connectivity index (χ1) is 12.3. The molecule has 1 saturated heterocycles. The van der Waals surface area contributed by atoms with E-state index in [0.29, 0.717) is 19.6 Å². The highest BCUT2D eigenvalue weighted by atomic mass is 32.2. The minimum atomic E-state index is -3.65. The van der Waals surface area contributed by atoms with Crippen molar-refractivity contribution in [2.24, 2.45) is 0 Å². The van der Waals surface area contributed by atoms with Crippen LogP contribution in [0.3, 0.4) is 0 Å². The predicted molar refractivity (Wildman–Crippen MR) is 91.9 cm³/mol. The van der Waals surface area contributed by atoms with Gasteiger partial charge in [-0.25, -0.2) is 18.0 Å². The third kappa shape index (κ3) is 5.02. The molecule has 0 spiro atoms. The van der Waals surface area contributed by atoms with Crippen LogP contribution in [0, 0.1) is 0 Å². The van der Waals surface area contributed by atoms with Gasteiger partial charge in [-0.15, -0.1) is 0 Å². The molecule has 2 rings (SSSR count). The molecule has 0 radical (unpaired) electrons. The van der Waals surface area contributed by atoms with E-state index in [9.17, 15) is 22.8 Å². The third-order valence-electron chi connectivity index (χ3n) is 3.70. The van der Waals surface area contributed by atoms with E-state index in [2.05, 4.69) is 5.32 Å². The lowest BCUT2D eigenvalue weighted by Crippen LogP contribution is -2.41. The number of amides is 3. The minimum Gasteiger partial charge on any atom is -0.452 e. The maximum atomic E-state index is 12.5. The Kier molecular flexibility index (Phi) is 6.70. The fourth-order valence-corrected chi connectivity index (χ4v) is 4.01. The highest BCUT2D eigenvalue weighted by Gasteiger charge is 2.27. The number of nitrogens with zero attached hydrogens (tertiary/aromatic N) is 1. The van der Waals surface area contributed by atoms with Crippen LogP contribution in [0.4, 0.5) is 4.79 Å². The first kappa shape index (κ1) is 19.9. The summed E-state index contributed by atoms with van der Waals surface area (Å²) in [5.41, 5.74) is 0.0103. The van der Waals surface area contributed by atoms with E-state index in [1.807, 2.05) is 5.32 Å². The van der Waals surface area contributed by atoms with E-state index < -0.39 is 34.5 Å². The quantitative estimate of drug-likeness (QED) is 0.689. The smallest absolute Gasteiger partial charge is 0.338 e. The molecule has 142 valence electrons. The Morgan fingerprint density at radius 2 is 1.88 bits per heavy atom. The zero-order chi connectivity index (χ0) is 19.2. The number of urea groups is 1. The monoisotopic (exact) mass is 383 g/mol. The molecule has 0 bridgehead atoms. The fourth-order valence-electron chi connectivity index (χ4n) is 2.44. The molecule has 1 aliphatic heterocycles. The van der Waals surface area contributed by atoms with E-state index in [4.69, 9.17) is 4.74 Å². The number of ether oxygens (including phenoxy) is 1. The summed E-state index contributed by atoms with van der Waals surface area (Å²) in [6.07, 6.45) is 1.61. The summed E-state index contributed by atoms with van der Waals surface area (Å²) in [4.78, 5) is 34.8. The van der Waals surface area contributed by atoms with Crippen molar-refractivity contribution in [3.8, 4) is 0 Å². The molecule has 0 atom stereocenters. The van der Waals surface area contributed by atoms with Crippen molar-refractivity contribution in [1.82, 2.24) is 14.9 Å². The van der Waals surface area contributed by atoms with E-state index in [1.165, 1.54) is 28.6 Å². The molecular weight excluding hydrogens is 362 g/mol. The molecule has 1 heterocycles. The second-order valence-electron chi connectivity index (χ2n) is 5.62. The van der Waals surface area contributed by atoms with Crippen LogP contribution in [0.25, 0.3) is 0 Å². The number of esters is 1. The van der Waals surface area contributed by atoms with Gasteiger partial charge >= 0.3 is 12.0 Å². The number of carbonyl (C=O) groups excluding carboxylic acids is 3. The first-order valence-corrected chi connectivity index (χ1v) is 9.63. The zero-order valence-electron chi connectivity index (χ0n) is 14.4. The molecule has 0 unspecified atom stereocenters. The number of nitrogens with one attached hydrogen (secondary N) is 2. The van der Waals surface area contributed by atoms with Crippen molar-refractivity contribution in [2.75, 3.05) is 26.2 Å². The van der Waals surface area contributed by atoms with Gasteiger partial charge < -0.3 is 10.1 Å². The van der Waals surface area contributed by atoms with Gasteiger partial charge in [0.1, 0.15) is 0 Å². The largest absolute Gasteiger partial charge is 0.452 e. The molecule has 1 aromatic carbocycles. The van der Waals surface area contributed by atoms with Crippen LogP contribution < -0.4 is 10.6 Å². The van der Waals surface area contributed by atoms with Gasteiger partial charge in [0.25, 0.3) is 5.91 Å². The minimum absolute atomic E-state index is 0.000579. The SMILES string of the molecule is CCNC(=O)NC(=O)COC(=O)c1cccc(S(=O)(=O)N2CCCC2)c1. The van der Waals surface area contributed by atoms with Gasteiger partial charge in [0, 0.05) is 19.6 Å². The summed E-state index contributed by atoms with van der Waals surface area (Å²) >= 11 is 0. The molecule has 0 aliphatic carbocycles. The number of imide groups is 1. The molecule has 2 N–H and O–H groups in total. The van der Waals surface area contributed by atoms with Gasteiger partial charge in [-0.3, -0.25) is 10.1 Å². The molecule has 1 fully saturated rings. The molecule has 1 aromatic rings. The van der Waals surface area contributed by atoms with Crippen molar-refractivity contribution in [2.45, 2.75) is 24.7 Å². The summed E-state index contributed by atoms with van der Waals surface area (Å²) in [7, 11) is -3.65. The van der Waals surface area contributed by atoms with Crippen LogP contribution in [0.2, 0.25) is 0 Å². The molecule has 26 heavy (non-hydrogen) atoms. The maximum Gasteiger partial charge on any atom is 0.338 e. The second-order valence-corrected chi connectivity index (χ2v) is 7.56. The van der Waals surface area contributed by atoms with Crippen molar-refractivity contribution in [3.05, 3.63) is 29.8 Å². The average Bonchev–Trinajstić information content (AvgIpc) is 3.15. The standard InChI is InChI=1S/C16H21N3O6S/c1-2-17-16(22)18-14(20)11-25-15(21)12-6-5-7-13(10-12)26(23,24)19-8-3-4-9-19/h5-7,10H,2-4,8-9,11H2,1H3,(H2,17,18,20,22). The van der Waals surface area contributed by atoms with Crippen LogP contribution >= 0.6 is 0 Å². The topological polar surface area (TPSA) is 122 Å². The zero-order valence-corrected chi connectivity index (χ0v) is 15.2. The van der Waals surface area contributed by atoms with Gasteiger partial charge in [0.05, 0.1) is 10.5 Å². The Balaban J connectivity index is 1.99. The Labute approximate surface area is 151 Å². The van der Waals surface area contributed by atoms with Crippen LogP contribution in [-0.2, 0) is 19.6 Å². The van der Waals surface area contributed by atoms with Crippen molar-refractivity contribution < 1.29 is 27.5 Å². The average molecular weight is 383 g/mol. The fraction of sp³-hybridized carbons (Fsp3) is 0.438. The van der Waals surface area contributed by atoms with Gasteiger partial charge in [-0.05, 0) is 38.0 Å². The number of hydrogen-bond acceptors (Lipinski definition) is 6. The predicted octanol–water partition coefficient (Wildman–Crippen LogP) is 0.474. The Morgan fingerprint density at radius 1 is 1.19 bits per heavy atom. The van der Waals surface area contributed by atoms with Crippen LogP contribution in [0.15, 0.2) is 29.2 Å². The Morgan fingerprint density at radius 3 is 2.54 bits per heavy atom. The van der Waals surface area contributed by atoms with Crippen molar-refractivity contribution >= 4 is 27.9 Å². The van der Waals surface area contributed by atoms with Gasteiger partial charge in [-0.1, -0.05) is 6.07 Å². The lowest BCUT2D eigenvalue weighted by atomic mass is 10.2. The summed E-state index contributed by atoms with van der Waals surface area (Å²) in [5, 5.41) is 4.36. The summed E-state index contributed by atoms with van der Waals surface area (Å²) in [5.74, 6) is -1.64. The molecule has 1 aliphatic rings. The van der Waals surface area contributed by atoms with E-state index in [-0.39, 0.29) is 10.5 Å². The Hall–Kier alpha value is -2.46. The number of benzene rings is 1. The van der Waals surface area contributed by atoms with E-state index >= 15 is 0 Å². The van der Waals surface area contributed by atoms with Crippen LogP contribution in [0.5, 0.6) is 0 Å². The molecule has 0 saturated carbocycles. The Bertz CT molecular complexity index is 787. The lowest BCUT2D eigenvalue weighted by Gasteiger charge is -2.15. The number of rotatable bonds is 6. The van der Waals surface area contributed by atoms with Crippen molar-refractivity contribution in [3.63, 3.8) is 0 Å². The lowest BCUT2D eigenvalue weighted by molar-refractivity contribution is -0.123. The number of carbonyl (C=O) groups is 3. The maximum absolute atomic E-state index is 12.5. The normalized spacial score (nSPS) is 14.7. The molecular formula is C16H21N3O6S. The molecule has 10 heteroatoms. The van der Waals surface area contributed by atoms with Gasteiger partial charge in [0.2, 0.25) is 10.0 Å². The number of sulfonamides is 1. The first-order valence-electron chi connectivity index (χ1n) is 8.19. The highest BCUT2D eigenvalue weighted by molar-refractivity contribution is 7.89. The molecule has 3 amide bonds. The molecule has 0 aromatic heterocycles. The van der Waals surface area contributed by atoms with Gasteiger partial charge in [-0.2, -0.15) is 4.31 Å². The second kappa shape index (κ2) is 8.77. The summed E-state index contributed by atoms with van der Waals surface area (Å²) < 4.78 is 31.2. The summed E-state index contributed by atoms with van der Waals surface area (Å²) in [6, 6.07) is 4.78. The van der Waals surface area contributed by atoms with E-state index in [1.54, 1.807) is 6.92 Å². The van der Waals surface area contributed by atoms with Gasteiger partial charge in [0.15, 0.2) is 6.61 Å².